The van der Waals surface area contributed by atoms with Crippen LogP contribution in [0.3, 0.4) is 0 Å². The Labute approximate surface area is 109 Å². The van der Waals surface area contributed by atoms with E-state index in [1.807, 2.05) is 6.07 Å². The first-order valence-corrected chi connectivity index (χ1v) is 6.13. The van der Waals surface area contributed by atoms with Crippen molar-refractivity contribution in [2.75, 3.05) is 14.1 Å². The Bertz CT molecular complexity index is 694. The second-order valence-electron chi connectivity index (χ2n) is 5.14. The summed E-state index contributed by atoms with van der Waals surface area (Å²) < 4.78 is 5.04. The zero-order valence-electron chi connectivity index (χ0n) is 10.8. The van der Waals surface area contributed by atoms with Crippen LogP contribution in [0.1, 0.15) is 18.4 Å². The number of H-pyrrole nitrogens is 1. The van der Waals surface area contributed by atoms with Crippen LogP contribution in [-0.2, 0) is 10.2 Å². The fourth-order valence-corrected chi connectivity index (χ4v) is 2.32. The Balaban J connectivity index is 1.99. The van der Waals surface area contributed by atoms with Crippen molar-refractivity contribution in [3.05, 3.63) is 34.3 Å². The number of nitrogens with one attached hydrogen (secondary N) is 2. The van der Waals surface area contributed by atoms with Gasteiger partial charge in [0.2, 0.25) is 5.91 Å². The molecule has 1 saturated carbocycles. The molecule has 0 aliphatic heterocycles. The Kier molecular flexibility index (Phi) is 2.50. The summed E-state index contributed by atoms with van der Waals surface area (Å²) in [5.41, 5.74) is 4.35. The highest BCUT2D eigenvalue weighted by molar-refractivity contribution is 5.92. The normalized spacial score (nSPS) is 16.8. The number of nitrogens with zero attached hydrogens (tertiary/aromatic N) is 1. The minimum absolute atomic E-state index is 0.0188. The number of oxazole rings is 1. The molecule has 3 rings (SSSR count). The molecule has 1 heterocycles. The van der Waals surface area contributed by atoms with E-state index in [4.69, 9.17) is 4.42 Å². The summed E-state index contributed by atoms with van der Waals surface area (Å²) in [6.45, 7) is 0. The number of amides is 1. The first-order chi connectivity index (χ1) is 9.01. The van der Waals surface area contributed by atoms with Crippen LogP contribution < -0.4 is 11.2 Å². The molecule has 1 fully saturated rings. The zero-order chi connectivity index (χ0) is 13.6. The maximum absolute atomic E-state index is 12.2. The lowest BCUT2D eigenvalue weighted by Gasteiger charge is -2.19. The molecule has 19 heavy (non-hydrogen) atoms. The van der Waals surface area contributed by atoms with E-state index in [1.54, 1.807) is 31.2 Å². The van der Waals surface area contributed by atoms with Gasteiger partial charge in [-0.3, -0.25) is 15.2 Å². The van der Waals surface area contributed by atoms with E-state index in [0.717, 1.165) is 18.4 Å². The van der Waals surface area contributed by atoms with Crippen LogP contribution in [0.25, 0.3) is 11.1 Å². The number of benzene rings is 1. The maximum atomic E-state index is 12.2. The summed E-state index contributed by atoms with van der Waals surface area (Å²) in [6.07, 6.45) is 1.62. The van der Waals surface area contributed by atoms with Gasteiger partial charge in [-0.15, -0.1) is 0 Å². The molecule has 100 valence electrons. The molecule has 0 spiro atoms. The smallest absolute Gasteiger partial charge is 0.408 e. The minimum atomic E-state index is -0.478. The predicted octanol–water partition coefficient (Wildman–Crippen LogP) is 0.745. The van der Waals surface area contributed by atoms with Crippen molar-refractivity contribution in [2.24, 2.45) is 0 Å². The largest absolute Gasteiger partial charge is 0.417 e. The van der Waals surface area contributed by atoms with Crippen molar-refractivity contribution in [1.29, 1.82) is 0 Å². The van der Waals surface area contributed by atoms with Gasteiger partial charge < -0.3 is 4.42 Å². The number of rotatable bonds is 3. The average molecular weight is 261 g/mol. The van der Waals surface area contributed by atoms with Crippen LogP contribution in [0, 0.1) is 0 Å². The van der Waals surface area contributed by atoms with E-state index >= 15 is 0 Å². The Morgan fingerprint density at radius 3 is 2.79 bits per heavy atom. The van der Waals surface area contributed by atoms with Crippen LogP contribution in [-0.4, -0.2) is 30.0 Å². The van der Waals surface area contributed by atoms with E-state index in [9.17, 15) is 9.59 Å². The molecule has 0 atom stereocenters. The van der Waals surface area contributed by atoms with Gasteiger partial charge in [-0.25, -0.2) is 9.80 Å². The molecule has 1 amide bonds. The summed E-state index contributed by atoms with van der Waals surface area (Å²) in [6, 6.07) is 5.42. The third kappa shape index (κ3) is 1.94. The van der Waals surface area contributed by atoms with Gasteiger partial charge in [0.25, 0.3) is 0 Å². The van der Waals surface area contributed by atoms with Crippen molar-refractivity contribution < 1.29 is 9.21 Å². The quantitative estimate of drug-likeness (QED) is 0.799. The van der Waals surface area contributed by atoms with Gasteiger partial charge in [0.15, 0.2) is 5.58 Å². The lowest BCUT2D eigenvalue weighted by atomic mass is 9.95. The van der Waals surface area contributed by atoms with E-state index in [-0.39, 0.29) is 5.91 Å². The number of carbonyl (C=O) groups is 1. The Hall–Kier alpha value is -2.08. The first-order valence-electron chi connectivity index (χ1n) is 6.13. The monoisotopic (exact) mass is 261 g/mol. The van der Waals surface area contributed by atoms with Crippen molar-refractivity contribution in [2.45, 2.75) is 18.3 Å². The highest BCUT2D eigenvalue weighted by Gasteiger charge is 2.51. The van der Waals surface area contributed by atoms with Crippen LogP contribution in [0.4, 0.5) is 0 Å². The van der Waals surface area contributed by atoms with Crippen LogP contribution >= 0.6 is 0 Å². The van der Waals surface area contributed by atoms with Crippen LogP contribution in [0.15, 0.2) is 27.4 Å². The molecular weight excluding hydrogens is 246 g/mol. The summed E-state index contributed by atoms with van der Waals surface area (Å²) in [7, 11) is 3.56. The molecule has 0 saturated heterocycles. The third-order valence-electron chi connectivity index (χ3n) is 3.48. The van der Waals surface area contributed by atoms with E-state index in [1.165, 1.54) is 0 Å². The maximum Gasteiger partial charge on any atom is 0.417 e. The second-order valence-corrected chi connectivity index (χ2v) is 5.14. The van der Waals surface area contributed by atoms with Gasteiger partial charge in [-0.05, 0) is 30.5 Å². The number of hydrogen-bond donors (Lipinski definition) is 2. The van der Waals surface area contributed by atoms with Crippen LogP contribution in [0.2, 0.25) is 0 Å². The fourth-order valence-electron chi connectivity index (χ4n) is 2.32. The molecule has 1 aromatic carbocycles. The number of aromatic nitrogens is 1. The second kappa shape index (κ2) is 3.96. The number of carbonyl (C=O) groups excluding carboxylic acids is 1. The first kappa shape index (κ1) is 12.0. The number of aromatic amines is 1. The average Bonchev–Trinajstić information content (AvgIpc) is 3.05. The zero-order valence-corrected chi connectivity index (χ0v) is 10.8. The van der Waals surface area contributed by atoms with Crippen molar-refractivity contribution in [3.63, 3.8) is 0 Å². The van der Waals surface area contributed by atoms with E-state index < -0.39 is 11.2 Å². The van der Waals surface area contributed by atoms with Crippen molar-refractivity contribution in [3.8, 4) is 0 Å². The van der Waals surface area contributed by atoms with Crippen molar-refractivity contribution in [1.82, 2.24) is 15.4 Å². The predicted molar refractivity (Wildman–Crippen MR) is 69.6 cm³/mol. The summed E-state index contributed by atoms with van der Waals surface area (Å²) >= 11 is 0. The van der Waals surface area contributed by atoms with Crippen LogP contribution in [0.5, 0.6) is 0 Å². The molecule has 1 aliphatic carbocycles. The molecule has 6 heteroatoms. The van der Waals surface area contributed by atoms with E-state index in [0.29, 0.717) is 11.1 Å². The van der Waals surface area contributed by atoms with Gasteiger partial charge in [0.05, 0.1) is 10.9 Å². The summed E-state index contributed by atoms with van der Waals surface area (Å²) in [4.78, 5) is 26.0. The molecule has 0 unspecified atom stereocenters. The standard InChI is InChI=1S/C13H15N3O3/c1-16(2)15-11(17)13(5-6-13)8-3-4-9-10(7-8)19-12(18)14-9/h3-4,7H,5-6H2,1-2H3,(H,14,18)(H,15,17). The SMILES string of the molecule is CN(C)NC(=O)C1(c2ccc3[nH]c(=O)oc3c2)CC1. The molecule has 2 aromatic rings. The summed E-state index contributed by atoms with van der Waals surface area (Å²) in [5.74, 6) is -0.496. The van der Waals surface area contributed by atoms with Crippen molar-refractivity contribution >= 4 is 17.0 Å². The highest BCUT2D eigenvalue weighted by atomic mass is 16.4. The Morgan fingerprint density at radius 1 is 1.42 bits per heavy atom. The number of hydrogen-bond acceptors (Lipinski definition) is 4. The van der Waals surface area contributed by atoms with Gasteiger partial charge in [0.1, 0.15) is 0 Å². The van der Waals surface area contributed by atoms with Gasteiger partial charge >= 0.3 is 5.76 Å². The number of hydrazine groups is 1. The topological polar surface area (TPSA) is 78.3 Å². The van der Waals surface area contributed by atoms with Gasteiger partial charge in [-0.2, -0.15) is 0 Å². The molecular formula is C13H15N3O3. The highest BCUT2D eigenvalue weighted by Crippen LogP contribution is 2.48. The van der Waals surface area contributed by atoms with E-state index in [2.05, 4.69) is 10.4 Å². The lowest BCUT2D eigenvalue weighted by Crippen LogP contribution is -2.42. The van der Waals surface area contributed by atoms with Gasteiger partial charge in [-0.1, -0.05) is 6.07 Å². The molecule has 6 nitrogen and oxygen atoms in total. The number of fused-ring (bicyclic) bond motifs is 1. The minimum Gasteiger partial charge on any atom is -0.408 e. The molecule has 1 aliphatic rings. The van der Waals surface area contributed by atoms with Gasteiger partial charge in [0, 0.05) is 14.1 Å². The fraction of sp³-hybridized carbons (Fsp3) is 0.385. The molecule has 1 aromatic heterocycles. The molecule has 0 bridgehead atoms. The molecule has 2 N–H and O–H groups in total. The Morgan fingerprint density at radius 2 is 2.16 bits per heavy atom. The third-order valence-corrected chi connectivity index (χ3v) is 3.48. The summed E-state index contributed by atoms with van der Waals surface area (Å²) in [5, 5.41) is 1.64. The molecule has 0 radical (unpaired) electrons. The lowest BCUT2D eigenvalue weighted by molar-refractivity contribution is -0.127.